The van der Waals surface area contributed by atoms with Gasteiger partial charge in [-0.25, -0.2) is 0 Å². The summed E-state index contributed by atoms with van der Waals surface area (Å²) >= 11 is 0. The summed E-state index contributed by atoms with van der Waals surface area (Å²) in [6, 6.07) is -0.500. The van der Waals surface area contributed by atoms with E-state index in [-0.39, 0.29) is 6.54 Å². The Hall–Kier alpha value is -1.27. The molecule has 1 rings (SSSR count). The van der Waals surface area contributed by atoms with Crippen LogP contribution in [0.25, 0.3) is 0 Å². The average Bonchev–Trinajstić information content (AvgIpc) is 2.29. The normalized spacial score (nSPS) is 24.7. The van der Waals surface area contributed by atoms with Crippen molar-refractivity contribution in [3.63, 3.8) is 0 Å². The van der Waals surface area contributed by atoms with E-state index < -0.39 is 30.0 Å². The second kappa shape index (κ2) is 5.58. The molecule has 1 aliphatic carbocycles. The van der Waals surface area contributed by atoms with E-state index >= 15 is 0 Å². The van der Waals surface area contributed by atoms with E-state index in [1.807, 2.05) is 0 Å². The molecule has 0 saturated heterocycles. The molecular formula is C11H16F3NO3. The molecule has 0 atom stereocenters. The van der Waals surface area contributed by atoms with E-state index in [1.54, 1.807) is 0 Å². The minimum absolute atomic E-state index is 0.0131. The molecule has 1 fully saturated rings. The zero-order chi connectivity index (χ0) is 13.9. The lowest BCUT2D eigenvalue weighted by Crippen LogP contribution is -2.48. The van der Waals surface area contributed by atoms with Crippen LogP contribution < -0.4 is 0 Å². The Bertz CT molecular complexity index is 322. The van der Waals surface area contributed by atoms with Gasteiger partial charge in [0.25, 0.3) is 0 Å². The van der Waals surface area contributed by atoms with Crippen molar-refractivity contribution in [2.75, 3.05) is 6.54 Å². The lowest BCUT2D eigenvalue weighted by Gasteiger charge is -2.35. The van der Waals surface area contributed by atoms with Gasteiger partial charge in [-0.2, -0.15) is 13.2 Å². The third-order valence-corrected chi connectivity index (χ3v) is 3.33. The molecule has 0 heterocycles. The first kappa shape index (κ1) is 14.8. The predicted molar refractivity (Wildman–Crippen MR) is 56.8 cm³/mol. The van der Waals surface area contributed by atoms with Crippen molar-refractivity contribution in [2.45, 2.75) is 44.8 Å². The molecule has 0 aromatic carbocycles. The van der Waals surface area contributed by atoms with Crippen molar-refractivity contribution in [3.05, 3.63) is 0 Å². The minimum atomic E-state index is -4.86. The molecule has 0 aromatic rings. The van der Waals surface area contributed by atoms with Crippen LogP contribution in [-0.2, 0) is 9.59 Å². The fraction of sp³-hybridized carbons (Fsp3) is 0.818. The van der Waals surface area contributed by atoms with Crippen LogP contribution in [0.2, 0.25) is 0 Å². The number of carbonyl (C=O) groups excluding carboxylic acids is 1. The summed E-state index contributed by atoms with van der Waals surface area (Å²) in [6.45, 7) is 1.48. The molecule has 0 spiro atoms. The van der Waals surface area contributed by atoms with E-state index in [0.29, 0.717) is 25.7 Å². The molecule has 7 heteroatoms. The summed E-state index contributed by atoms with van der Waals surface area (Å²) in [4.78, 5) is 22.7. The van der Waals surface area contributed by atoms with E-state index in [2.05, 4.69) is 0 Å². The number of hydrogen-bond donors (Lipinski definition) is 1. The Kier molecular flexibility index (Phi) is 4.59. The highest BCUT2D eigenvalue weighted by molar-refractivity contribution is 5.82. The van der Waals surface area contributed by atoms with Gasteiger partial charge >= 0.3 is 18.1 Å². The number of carboxylic acid groups (broad SMARTS) is 1. The summed E-state index contributed by atoms with van der Waals surface area (Å²) in [7, 11) is 0. The molecule has 18 heavy (non-hydrogen) atoms. The SMILES string of the molecule is CCN(C(=O)C(F)(F)F)C1CCC(C(=O)O)CC1. The first-order chi connectivity index (χ1) is 8.27. The summed E-state index contributed by atoms with van der Waals surface area (Å²) in [5.74, 6) is -3.25. The lowest BCUT2D eigenvalue weighted by molar-refractivity contribution is -0.188. The first-order valence-corrected chi connectivity index (χ1v) is 5.88. The van der Waals surface area contributed by atoms with Crippen LogP contribution in [0.5, 0.6) is 0 Å². The molecule has 0 aromatic heterocycles. The van der Waals surface area contributed by atoms with Crippen molar-refractivity contribution in [2.24, 2.45) is 5.92 Å². The molecular weight excluding hydrogens is 251 g/mol. The fourth-order valence-electron chi connectivity index (χ4n) is 2.36. The van der Waals surface area contributed by atoms with E-state index in [0.717, 1.165) is 4.90 Å². The number of carboxylic acids is 1. The number of carbonyl (C=O) groups is 2. The molecule has 1 saturated carbocycles. The van der Waals surface area contributed by atoms with Crippen LogP contribution in [0.4, 0.5) is 13.2 Å². The van der Waals surface area contributed by atoms with Gasteiger partial charge in [-0.05, 0) is 32.6 Å². The number of amides is 1. The number of nitrogens with zero attached hydrogens (tertiary/aromatic N) is 1. The van der Waals surface area contributed by atoms with Crippen LogP contribution >= 0.6 is 0 Å². The third kappa shape index (κ3) is 3.36. The number of hydrogen-bond acceptors (Lipinski definition) is 2. The Morgan fingerprint density at radius 3 is 2.06 bits per heavy atom. The van der Waals surface area contributed by atoms with Gasteiger partial charge in [0, 0.05) is 12.6 Å². The Labute approximate surface area is 103 Å². The summed E-state index contributed by atoms with van der Waals surface area (Å²) in [5, 5.41) is 8.80. The zero-order valence-electron chi connectivity index (χ0n) is 10.0. The zero-order valence-corrected chi connectivity index (χ0v) is 10.0. The smallest absolute Gasteiger partial charge is 0.471 e. The maximum atomic E-state index is 12.4. The van der Waals surface area contributed by atoms with Crippen LogP contribution in [0, 0.1) is 5.92 Å². The number of rotatable bonds is 3. The van der Waals surface area contributed by atoms with Gasteiger partial charge in [0.05, 0.1) is 5.92 Å². The number of aliphatic carboxylic acids is 1. The second-order valence-corrected chi connectivity index (χ2v) is 4.43. The molecule has 0 unspecified atom stereocenters. The van der Waals surface area contributed by atoms with Crippen molar-refractivity contribution in [1.29, 1.82) is 0 Å². The van der Waals surface area contributed by atoms with Gasteiger partial charge in [0.1, 0.15) is 0 Å². The first-order valence-electron chi connectivity index (χ1n) is 5.88. The van der Waals surface area contributed by atoms with E-state index in [4.69, 9.17) is 5.11 Å². The topological polar surface area (TPSA) is 57.6 Å². The molecule has 0 bridgehead atoms. The van der Waals surface area contributed by atoms with E-state index in [1.165, 1.54) is 6.92 Å². The standard InChI is InChI=1S/C11H16F3NO3/c1-2-15(10(18)11(12,13)14)8-5-3-7(4-6-8)9(16)17/h7-8H,2-6H2,1H3,(H,16,17). The summed E-state index contributed by atoms with van der Waals surface area (Å²) < 4.78 is 37.1. The van der Waals surface area contributed by atoms with Gasteiger partial charge in [0.2, 0.25) is 0 Å². The molecule has 0 radical (unpaired) electrons. The largest absolute Gasteiger partial charge is 0.481 e. The van der Waals surface area contributed by atoms with Crippen molar-refractivity contribution < 1.29 is 27.9 Å². The van der Waals surface area contributed by atoms with Crippen molar-refractivity contribution >= 4 is 11.9 Å². The molecule has 1 aliphatic rings. The highest BCUT2D eigenvalue weighted by atomic mass is 19.4. The van der Waals surface area contributed by atoms with Gasteiger partial charge in [-0.15, -0.1) is 0 Å². The Morgan fingerprint density at radius 2 is 1.72 bits per heavy atom. The maximum absolute atomic E-state index is 12.4. The van der Waals surface area contributed by atoms with Crippen LogP contribution in [0.15, 0.2) is 0 Å². The molecule has 4 nitrogen and oxygen atoms in total. The van der Waals surface area contributed by atoms with Crippen LogP contribution in [-0.4, -0.2) is 40.6 Å². The fourth-order valence-corrected chi connectivity index (χ4v) is 2.36. The third-order valence-electron chi connectivity index (χ3n) is 3.33. The van der Waals surface area contributed by atoms with E-state index in [9.17, 15) is 22.8 Å². The highest BCUT2D eigenvalue weighted by Gasteiger charge is 2.44. The molecule has 104 valence electrons. The van der Waals surface area contributed by atoms with Gasteiger partial charge in [-0.1, -0.05) is 0 Å². The highest BCUT2D eigenvalue weighted by Crippen LogP contribution is 2.30. The van der Waals surface area contributed by atoms with Crippen LogP contribution in [0.3, 0.4) is 0 Å². The number of alkyl halides is 3. The van der Waals surface area contributed by atoms with Gasteiger partial charge < -0.3 is 10.0 Å². The Morgan fingerprint density at radius 1 is 1.22 bits per heavy atom. The molecule has 1 N–H and O–H groups in total. The summed E-state index contributed by atoms with van der Waals surface area (Å²) in [5.41, 5.74) is 0. The average molecular weight is 267 g/mol. The van der Waals surface area contributed by atoms with Crippen molar-refractivity contribution in [1.82, 2.24) is 4.90 Å². The monoisotopic (exact) mass is 267 g/mol. The lowest BCUT2D eigenvalue weighted by atomic mass is 9.85. The predicted octanol–water partition coefficient (Wildman–Crippen LogP) is 2.04. The van der Waals surface area contributed by atoms with Crippen molar-refractivity contribution in [3.8, 4) is 0 Å². The summed E-state index contributed by atoms with van der Waals surface area (Å²) in [6.07, 6.45) is -3.60. The minimum Gasteiger partial charge on any atom is -0.481 e. The molecule has 0 aliphatic heterocycles. The maximum Gasteiger partial charge on any atom is 0.471 e. The van der Waals surface area contributed by atoms with Gasteiger partial charge in [0.15, 0.2) is 0 Å². The second-order valence-electron chi connectivity index (χ2n) is 4.43. The molecule has 1 amide bonds. The quantitative estimate of drug-likeness (QED) is 0.851. The number of halogens is 3. The Balaban J connectivity index is 2.64. The van der Waals surface area contributed by atoms with Crippen LogP contribution in [0.1, 0.15) is 32.6 Å². The van der Waals surface area contributed by atoms with Gasteiger partial charge in [-0.3, -0.25) is 9.59 Å².